The molecule has 2 heterocycles. The molecule has 3 atom stereocenters. The number of ether oxygens (including phenoxy) is 1. The summed E-state index contributed by atoms with van der Waals surface area (Å²) in [5.41, 5.74) is 6.80. The number of fused-ring (bicyclic) bond motifs is 1. The molecule has 0 spiro atoms. The average Bonchev–Trinajstić information content (AvgIpc) is 3.25. The zero-order chi connectivity index (χ0) is 26.3. The Kier molecular flexibility index (Phi) is 7.50. The van der Waals surface area contributed by atoms with Gasteiger partial charge >= 0.3 is 12.1 Å². The van der Waals surface area contributed by atoms with Crippen molar-refractivity contribution in [3.8, 4) is 16.8 Å². The molecule has 0 amide bonds. The van der Waals surface area contributed by atoms with Crippen LogP contribution < -0.4 is 11.0 Å². The van der Waals surface area contributed by atoms with E-state index >= 15 is 0 Å². The van der Waals surface area contributed by atoms with Gasteiger partial charge in [-0.05, 0) is 58.3 Å². The predicted octanol–water partition coefficient (Wildman–Crippen LogP) is 6.08. The molecule has 36 heavy (non-hydrogen) atoms. The van der Waals surface area contributed by atoms with Gasteiger partial charge in [-0.1, -0.05) is 56.1 Å². The number of halogens is 3. The highest BCUT2D eigenvalue weighted by atomic mass is 31.1. The number of nitrogens with zero attached hydrogens (tertiary/aromatic N) is 2. The molecule has 5 nitrogen and oxygen atoms in total. The van der Waals surface area contributed by atoms with Crippen LogP contribution in [-0.2, 0) is 22.1 Å². The smallest absolute Gasteiger partial charge is 0.416 e. The normalized spacial score (nSPS) is 15.9. The first-order valence-electron chi connectivity index (χ1n) is 11.7. The van der Waals surface area contributed by atoms with Crippen LogP contribution in [0.4, 0.5) is 18.9 Å². The highest BCUT2D eigenvalue weighted by molar-refractivity contribution is 7.47. The van der Waals surface area contributed by atoms with Gasteiger partial charge in [0.1, 0.15) is 5.66 Å². The number of alkyl halides is 3. The third kappa shape index (κ3) is 5.60. The second kappa shape index (κ2) is 10.1. The summed E-state index contributed by atoms with van der Waals surface area (Å²) in [5.74, 6) is -0.688. The third-order valence-electron chi connectivity index (χ3n) is 6.01. The first-order chi connectivity index (χ1) is 16.9. The molecule has 4 rings (SSSR count). The zero-order valence-electron chi connectivity index (χ0n) is 20.7. The first kappa shape index (κ1) is 26.6. The Labute approximate surface area is 212 Å². The lowest BCUT2D eigenvalue weighted by Gasteiger charge is -2.30. The van der Waals surface area contributed by atoms with Gasteiger partial charge in [0, 0.05) is 5.56 Å². The highest BCUT2D eigenvalue weighted by Gasteiger charge is 2.41. The Bertz CT molecular complexity index is 1280. The molecular weight excluding hydrogens is 505 g/mol. The number of carbonyl (C=O) groups excluding carboxylic acids is 1. The Morgan fingerprint density at radius 2 is 1.97 bits per heavy atom. The lowest BCUT2D eigenvalue weighted by atomic mass is 9.89. The Morgan fingerprint density at radius 1 is 1.22 bits per heavy atom. The molecule has 0 saturated heterocycles. The highest BCUT2D eigenvalue weighted by Crippen LogP contribution is 2.52. The van der Waals surface area contributed by atoms with Crippen molar-refractivity contribution in [1.29, 1.82) is 0 Å². The number of anilines is 1. The van der Waals surface area contributed by atoms with E-state index in [-0.39, 0.29) is 14.1 Å². The SMILES string of the molecule is COC(=O)C(PC(C)(C)C)c1c(C(F)(F)F)ccc(-n2cc(N)cn2)c1-c1ccc2c(c1)CCCP2. The lowest BCUT2D eigenvalue weighted by Crippen LogP contribution is -2.22. The van der Waals surface area contributed by atoms with Crippen LogP contribution in [0.1, 0.15) is 49.5 Å². The Morgan fingerprint density at radius 3 is 2.58 bits per heavy atom. The summed E-state index contributed by atoms with van der Waals surface area (Å²) in [6.45, 7) is 5.73. The van der Waals surface area contributed by atoms with Crippen molar-refractivity contribution >= 4 is 34.1 Å². The van der Waals surface area contributed by atoms with Gasteiger partial charge in [0.15, 0.2) is 0 Å². The van der Waals surface area contributed by atoms with Crippen molar-refractivity contribution < 1.29 is 22.7 Å². The number of methoxy groups -OCH3 is 1. The molecule has 10 heteroatoms. The standard InChI is InChI=1S/C26H30F3N3O2P2/c1-25(2,3)36-23(24(33)34-4)22-18(26(27,28)29)8-9-19(32-14-17(30)13-31-32)21(22)16-7-10-20-15(12-16)6-5-11-35-20/h7-10,12-14,23,35-36H,5-6,11,30H2,1-4H3. The molecule has 0 fully saturated rings. The van der Waals surface area contributed by atoms with Gasteiger partial charge in [-0.3, -0.25) is 4.79 Å². The summed E-state index contributed by atoms with van der Waals surface area (Å²) in [4.78, 5) is 13.1. The number of aryl methyl sites for hydroxylation is 1. The number of esters is 1. The molecule has 0 aliphatic carbocycles. The van der Waals surface area contributed by atoms with Gasteiger partial charge in [0.05, 0.1) is 36.4 Å². The molecule has 0 bridgehead atoms. The predicted molar refractivity (Wildman–Crippen MR) is 142 cm³/mol. The van der Waals surface area contributed by atoms with Crippen molar-refractivity contribution in [1.82, 2.24) is 9.78 Å². The number of benzene rings is 2. The molecule has 2 aromatic carbocycles. The van der Waals surface area contributed by atoms with Crippen LogP contribution in [-0.4, -0.2) is 34.2 Å². The van der Waals surface area contributed by atoms with Crippen molar-refractivity contribution in [2.75, 3.05) is 19.0 Å². The molecule has 2 N–H and O–H groups in total. The summed E-state index contributed by atoms with van der Waals surface area (Å²) in [5, 5.41) is 5.12. The van der Waals surface area contributed by atoms with E-state index in [1.807, 2.05) is 39.0 Å². The molecule has 1 aromatic heterocycles. The monoisotopic (exact) mass is 535 g/mol. The van der Waals surface area contributed by atoms with Crippen LogP contribution in [0.25, 0.3) is 16.8 Å². The van der Waals surface area contributed by atoms with E-state index in [2.05, 4.69) is 5.10 Å². The average molecular weight is 535 g/mol. The molecule has 0 saturated carbocycles. The van der Waals surface area contributed by atoms with Crippen molar-refractivity contribution in [3.63, 3.8) is 0 Å². The maximum absolute atomic E-state index is 14.5. The minimum absolute atomic E-state index is 0.0765. The van der Waals surface area contributed by atoms with Crippen LogP contribution in [0.2, 0.25) is 0 Å². The van der Waals surface area contributed by atoms with E-state index < -0.39 is 28.5 Å². The minimum atomic E-state index is -4.67. The number of hydrogen-bond acceptors (Lipinski definition) is 4. The van der Waals surface area contributed by atoms with E-state index in [0.717, 1.165) is 30.6 Å². The molecular formula is C26H30F3N3O2P2. The maximum atomic E-state index is 14.5. The number of nitrogens with two attached hydrogens (primary N) is 1. The van der Waals surface area contributed by atoms with Gasteiger partial charge in [0.2, 0.25) is 0 Å². The van der Waals surface area contributed by atoms with E-state index in [4.69, 9.17) is 10.5 Å². The minimum Gasteiger partial charge on any atom is -0.468 e. The summed E-state index contributed by atoms with van der Waals surface area (Å²) in [7, 11) is 1.75. The first-order valence-corrected chi connectivity index (χ1v) is 13.9. The van der Waals surface area contributed by atoms with Crippen LogP contribution in [0.15, 0.2) is 42.7 Å². The Balaban J connectivity index is 2.10. The number of nitrogen functional groups attached to an aromatic ring is 1. The zero-order valence-corrected chi connectivity index (χ0v) is 22.7. The van der Waals surface area contributed by atoms with E-state index in [9.17, 15) is 18.0 Å². The topological polar surface area (TPSA) is 70.1 Å². The van der Waals surface area contributed by atoms with Crippen LogP contribution in [0.3, 0.4) is 0 Å². The number of aromatic nitrogens is 2. The molecule has 3 unspecified atom stereocenters. The second-order valence-electron chi connectivity index (χ2n) is 9.89. The summed E-state index contributed by atoms with van der Waals surface area (Å²) in [6, 6.07) is 8.29. The number of rotatable bonds is 5. The van der Waals surface area contributed by atoms with Gasteiger partial charge in [-0.25, -0.2) is 4.68 Å². The fourth-order valence-corrected chi connectivity index (χ4v) is 7.34. The summed E-state index contributed by atoms with van der Waals surface area (Å²) < 4.78 is 50.1. The molecule has 1 aliphatic rings. The van der Waals surface area contributed by atoms with Crippen molar-refractivity contribution in [2.24, 2.45) is 0 Å². The quantitative estimate of drug-likeness (QED) is 0.318. The van der Waals surface area contributed by atoms with Crippen molar-refractivity contribution in [2.45, 2.75) is 50.6 Å². The number of hydrogen-bond donors (Lipinski definition) is 1. The van der Waals surface area contributed by atoms with Gasteiger partial charge in [-0.2, -0.15) is 18.3 Å². The van der Waals surface area contributed by atoms with Crippen LogP contribution in [0, 0.1) is 0 Å². The molecule has 192 valence electrons. The van der Waals surface area contributed by atoms with Crippen LogP contribution >= 0.6 is 17.2 Å². The third-order valence-corrected chi connectivity index (χ3v) is 9.16. The lowest BCUT2D eigenvalue weighted by molar-refractivity contribution is -0.141. The van der Waals surface area contributed by atoms with E-state index in [0.29, 0.717) is 31.1 Å². The van der Waals surface area contributed by atoms with Crippen LogP contribution in [0.5, 0.6) is 0 Å². The van der Waals surface area contributed by atoms with Crippen molar-refractivity contribution in [3.05, 3.63) is 59.4 Å². The summed E-state index contributed by atoms with van der Waals surface area (Å²) in [6.07, 6.45) is 1.38. The largest absolute Gasteiger partial charge is 0.468 e. The molecule has 0 radical (unpaired) electrons. The van der Waals surface area contributed by atoms with Gasteiger partial charge < -0.3 is 10.5 Å². The fourth-order valence-electron chi connectivity index (χ4n) is 4.55. The molecule has 1 aliphatic heterocycles. The van der Waals surface area contributed by atoms with Gasteiger partial charge in [-0.15, -0.1) is 0 Å². The summed E-state index contributed by atoms with van der Waals surface area (Å²) >= 11 is 0. The van der Waals surface area contributed by atoms with E-state index in [1.165, 1.54) is 29.4 Å². The second-order valence-corrected chi connectivity index (χ2v) is 13.6. The number of carbonyl (C=O) groups is 1. The Hall–Kier alpha value is -2.43. The maximum Gasteiger partial charge on any atom is 0.416 e. The van der Waals surface area contributed by atoms with Gasteiger partial charge in [0.25, 0.3) is 0 Å². The fraction of sp³-hybridized carbons (Fsp3) is 0.385. The van der Waals surface area contributed by atoms with E-state index in [1.54, 1.807) is 6.20 Å². The molecule has 3 aromatic rings.